The molecule has 0 bridgehead atoms. The van der Waals surface area contributed by atoms with E-state index in [1.807, 2.05) is 0 Å². The summed E-state index contributed by atoms with van der Waals surface area (Å²) < 4.78 is 27.4. The van der Waals surface area contributed by atoms with E-state index >= 15 is 0 Å². The molecule has 1 saturated heterocycles. The Morgan fingerprint density at radius 2 is 2.10 bits per heavy atom. The fourth-order valence-electron chi connectivity index (χ4n) is 2.01. The van der Waals surface area contributed by atoms with Crippen LogP contribution in [0.25, 0.3) is 0 Å². The molecule has 0 spiro atoms. The Hall–Kier alpha value is -1.19. The molecular formula is C11H20N2O6S. The van der Waals surface area contributed by atoms with Crippen molar-refractivity contribution < 1.29 is 27.9 Å². The Morgan fingerprint density at radius 1 is 1.40 bits per heavy atom. The van der Waals surface area contributed by atoms with Crippen LogP contribution < -0.4 is 5.32 Å². The highest BCUT2D eigenvalue weighted by atomic mass is 32.2. The fourth-order valence-corrected chi connectivity index (χ4v) is 3.68. The fraction of sp³-hybridized carbons (Fsp3) is 0.818. The van der Waals surface area contributed by atoms with Crippen molar-refractivity contribution in [2.24, 2.45) is 0 Å². The summed E-state index contributed by atoms with van der Waals surface area (Å²) >= 11 is 0. The lowest BCUT2D eigenvalue weighted by Gasteiger charge is -2.20. The summed E-state index contributed by atoms with van der Waals surface area (Å²) in [7, 11) is -1.56. The molecule has 0 aromatic heterocycles. The van der Waals surface area contributed by atoms with Gasteiger partial charge < -0.3 is 15.2 Å². The van der Waals surface area contributed by atoms with Crippen LogP contribution in [0.2, 0.25) is 0 Å². The first kappa shape index (κ1) is 16.9. The van der Waals surface area contributed by atoms with Crippen molar-refractivity contribution in [1.82, 2.24) is 10.2 Å². The van der Waals surface area contributed by atoms with E-state index in [-0.39, 0.29) is 36.5 Å². The van der Waals surface area contributed by atoms with Crippen LogP contribution in [0.5, 0.6) is 0 Å². The van der Waals surface area contributed by atoms with Crippen LogP contribution in [0.15, 0.2) is 0 Å². The molecule has 1 aliphatic rings. The Kier molecular flexibility index (Phi) is 6.37. The largest absolute Gasteiger partial charge is 0.480 e. The van der Waals surface area contributed by atoms with Crippen molar-refractivity contribution in [3.63, 3.8) is 0 Å². The summed E-state index contributed by atoms with van der Waals surface area (Å²) in [5.41, 5.74) is 0. The summed E-state index contributed by atoms with van der Waals surface area (Å²) in [6.45, 7) is 0.281. The Bertz CT molecular complexity index is 450. The van der Waals surface area contributed by atoms with Gasteiger partial charge in [0.2, 0.25) is 5.91 Å². The highest BCUT2D eigenvalue weighted by molar-refractivity contribution is 7.91. The van der Waals surface area contributed by atoms with Crippen LogP contribution in [0.4, 0.5) is 0 Å². The van der Waals surface area contributed by atoms with Gasteiger partial charge in [-0.2, -0.15) is 0 Å². The molecule has 1 rings (SSSR count). The SMILES string of the molecule is COCCN(CC(=O)O)CC(=O)NC1CCS(=O)(=O)C1. The molecule has 20 heavy (non-hydrogen) atoms. The van der Waals surface area contributed by atoms with Gasteiger partial charge in [0, 0.05) is 19.7 Å². The lowest BCUT2D eigenvalue weighted by atomic mass is 10.2. The zero-order valence-corrected chi connectivity index (χ0v) is 12.2. The standard InChI is InChI=1S/C11H20N2O6S/c1-19-4-3-13(7-11(15)16)6-10(14)12-9-2-5-20(17,18)8-9/h9H,2-8H2,1H3,(H,12,14)(H,15,16). The topological polar surface area (TPSA) is 113 Å². The molecule has 0 aromatic rings. The quantitative estimate of drug-likeness (QED) is 0.551. The number of hydrogen-bond donors (Lipinski definition) is 2. The number of amides is 1. The number of carbonyl (C=O) groups excluding carboxylic acids is 1. The lowest BCUT2D eigenvalue weighted by molar-refractivity contribution is -0.138. The molecule has 0 aliphatic carbocycles. The molecule has 1 fully saturated rings. The number of carbonyl (C=O) groups is 2. The monoisotopic (exact) mass is 308 g/mol. The lowest BCUT2D eigenvalue weighted by Crippen LogP contribution is -2.44. The minimum absolute atomic E-state index is 0.0459. The smallest absolute Gasteiger partial charge is 0.317 e. The maximum Gasteiger partial charge on any atom is 0.317 e. The minimum atomic E-state index is -3.05. The number of aliphatic carboxylic acids is 1. The molecule has 1 unspecified atom stereocenters. The van der Waals surface area contributed by atoms with Crippen LogP contribution in [-0.2, 0) is 24.2 Å². The van der Waals surface area contributed by atoms with Crippen LogP contribution >= 0.6 is 0 Å². The number of sulfone groups is 1. The maximum absolute atomic E-state index is 11.8. The molecule has 0 aromatic carbocycles. The summed E-state index contributed by atoms with van der Waals surface area (Å²) in [5, 5.41) is 11.4. The van der Waals surface area contributed by atoms with Gasteiger partial charge in [-0.3, -0.25) is 14.5 Å². The first-order chi connectivity index (χ1) is 9.32. The molecule has 1 amide bonds. The van der Waals surface area contributed by atoms with E-state index < -0.39 is 15.8 Å². The Morgan fingerprint density at radius 3 is 2.60 bits per heavy atom. The number of carboxylic acids is 1. The average molecular weight is 308 g/mol. The van der Waals surface area contributed by atoms with E-state index in [2.05, 4.69) is 5.32 Å². The van der Waals surface area contributed by atoms with Crippen molar-refractivity contribution in [1.29, 1.82) is 0 Å². The normalized spacial score (nSPS) is 21.0. The van der Waals surface area contributed by atoms with Crippen LogP contribution in [-0.4, -0.2) is 81.2 Å². The molecule has 2 N–H and O–H groups in total. The van der Waals surface area contributed by atoms with Crippen molar-refractivity contribution in [3.05, 3.63) is 0 Å². The van der Waals surface area contributed by atoms with Gasteiger partial charge in [-0.25, -0.2) is 8.42 Å². The van der Waals surface area contributed by atoms with Crippen molar-refractivity contribution in [2.75, 3.05) is 44.9 Å². The first-order valence-corrected chi connectivity index (χ1v) is 8.07. The highest BCUT2D eigenvalue weighted by Gasteiger charge is 2.29. The van der Waals surface area contributed by atoms with Gasteiger partial charge in [0.25, 0.3) is 0 Å². The average Bonchev–Trinajstić information content (AvgIpc) is 2.64. The van der Waals surface area contributed by atoms with Crippen LogP contribution in [0.3, 0.4) is 0 Å². The second kappa shape index (κ2) is 7.55. The molecule has 1 aliphatic heterocycles. The number of nitrogens with one attached hydrogen (secondary N) is 1. The van der Waals surface area contributed by atoms with Gasteiger partial charge in [0.1, 0.15) is 0 Å². The van der Waals surface area contributed by atoms with Gasteiger partial charge in [-0.05, 0) is 6.42 Å². The van der Waals surface area contributed by atoms with Gasteiger partial charge >= 0.3 is 5.97 Å². The van der Waals surface area contributed by atoms with Gasteiger partial charge in [-0.15, -0.1) is 0 Å². The number of hydrogen-bond acceptors (Lipinski definition) is 6. The third-order valence-corrected chi connectivity index (χ3v) is 4.70. The van der Waals surface area contributed by atoms with Gasteiger partial charge in [-0.1, -0.05) is 0 Å². The van der Waals surface area contributed by atoms with Gasteiger partial charge in [0.05, 0.1) is 31.2 Å². The van der Waals surface area contributed by atoms with Crippen molar-refractivity contribution >= 4 is 21.7 Å². The number of ether oxygens (including phenoxy) is 1. The van der Waals surface area contributed by atoms with Crippen LogP contribution in [0.1, 0.15) is 6.42 Å². The highest BCUT2D eigenvalue weighted by Crippen LogP contribution is 2.11. The van der Waals surface area contributed by atoms with E-state index in [9.17, 15) is 18.0 Å². The van der Waals surface area contributed by atoms with Gasteiger partial charge in [0.15, 0.2) is 9.84 Å². The molecule has 9 heteroatoms. The third kappa shape index (κ3) is 6.31. The molecule has 0 radical (unpaired) electrons. The zero-order chi connectivity index (χ0) is 15.2. The summed E-state index contributed by atoms with van der Waals surface area (Å²) in [4.78, 5) is 23.9. The molecule has 1 heterocycles. The Balaban J connectivity index is 2.43. The summed E-state index contributed by atoms with van der Waals surface area (Å²) in [6, 6.07) is -0.374. The van der Waals surface area contributed by atoms with Crippen molar-refractivity contribution in [3.8, 4) is 0 Å². The second-order valence-corrected chi connectivity index (χ2v) is 6.99. The maximum atomic E-state index is 11.8. The van der Waals surface area contributed by atoms with E-state index in [1.165, 1.54) is 12.0 Å². The van der Waals surface area contributed by atoms with E-state index in [0.717, 1.165) is 0 Å². The predicted octanol–water partition coefficient (Wildman–Crippen LogP) is -1.68. The van der Waals surface area contributed by atoms with Crippen molar-refractivity contribution in [2.45, 2.75) is 12.5 Å². The number of rotatable bonds is 8. The molecular weight excluding hydrogens is 288 g/mol. The minimum Gasteiger partial charge on any atom is -0.480 e. The van der Waals surface area contributed by atoms with E-state index in [1.54, 1.807) is 0 Å². The molecule has 0 saturated carbocycles. The molecule has 1 atom stereocenters. The third-order valence-electron chi connectivity index (χ3n) is 2.94. The van der Waals surface area contributed by atoms with E-state index in [4.69, 9.17) is 9.84 Å². The zero-order valence-electron chi connectivity index (χ0n) is 11.4. The first-order valence-electron chi connectivity index (χ1n) is 6.25. The predicted molar refractivity (Wildman–Crippen MR) is 71.2 cm³/mol. The number of carboxylic acid groups (broad SMARTS) is 1. The van der Waals surface area contributed by atoms with E-state index in [0.29, 0.717) is 19.6 Å². The van der Waals surface area contributed by atoms with Crippen LogP contribution in [0, 0.1) is 0 Å². The summed E-state index contributed by atoms with van der Waals surface area (Å²) in [5.74, 6) is -1.36. The number of nitrogens with zero attached hydrogens (tertiary/aromatic N) is 1. The second-order valence-electron chi connectivity index (χ2n) is 4.76. The Labute approximate surface area is 118 Å². The molecule has 116 valence electrons. The molecule has 8 nitrogen and oxygen atoms in total. The number of methoxy groups -OCH3 is 1. The summed E-state index contributed by atoms with van der Waals surface area (Å²) in [6.07, 6.45) is 0.408.